The highest BCUT2D eigenvalue weighted by molar-refractivity contribution is 5.95. The first-order chi connectivity index (χ1) is 15.9. The molecule has 5 nitrogen and oxygen atoms in total. The van der Waals surface area contributed by atoms with Crippen molar-refractivity contribution in [1.29, 1.82) is 0 Å². The summed E-state index contributed by atoms with van der Waals surface area (Å²) >= 11 is 0. The molecule has 1 aliphatic carbocycles. The zero-order chi connectivity index (χ0) is 23.2. The van der Waals surface area contributed by atoms with E-state index in [1.54, 1.807) is 0 Å². The number of nitrogens with one attached hydrogen (secondary N) is 1. The summed E-state index contributed by atoms with van der Waals surface area (Å²) in [4.78, 5) is 24.8. The Labute approximate surface area is 195 Å². The minimum Gasteiger partial charge on any atom is -0.454 e. The summed E-state index contributed by atoms with van der Waals surface area (Å²) in [5, 5.41) is 2.86. The molecule has 1 heterocycles. The highest BCUT2D eigenvalue weighted by Gasteiger charge is 2.50. The summed E-state index contributed by atoms with van der Waals surface area (Å²) in [5.74, 6) is 1.62. The van der Waals surface area contributed by atoms with Gasteiger partial charge in [-0.2, -0.15) is 0 Å². The van der Waals surface area contributed by atoms with Gasteiger partial charge in [0.1, 0.15) is 5.78 Å². The minimum atomic E-state index is -0.414. The van der Waals surface area contributed by atoms with E-state index in [9.17, 15) is 9.59 Å². The first-order valence-electron chi connectivity index (χ1n) is 11.3. The van der Waals surface area contributed by atoms with E-state index in [-0.39, 0.29) is 19.9 Å². The molecule has 5 rings (SSSR count). The number of amides is 1. The zero-order valence-electron chi connectivity index (χ0n) is 19.2. The highest BCUT2D eigenvalue weighted by Crippen LogP contribution is 2.51. The van der Waals surface area contributed by atoms with Gasteiger partial charge in [-0.3, -0.25) is 9.59 Å². The van der Waals surface area contributed by atoms with E-state index in [4.69, 9.17) is 9.47 Å². The molecular weight excluding hydrogens is 414 g/mol. The van der Waals surface area contributed by atoms with E-state index in [0.29, 0.717) is 6.42 Å². The van der Waals surface area contributed by atoms with Gasteiger partial charge in [0.15, 0.2) is 11.5 Å². The molecule has 0 unspecified atom stereocenters. The molecule has 1 amide bonds. The van der Waals surface area contributed by atoms with Crippen LogP contribution in [-0.4, -0.2) is 18.5 Å². The van der Waals surface area contributed by atoms with Crippen LogP contribution >= 0.6 is 0 Å². The monoisotopic (exact) mass is 443 g/mol. The van der Waals surface area contributed by atoms with Crippen LogP contribution in [0.25, 0.3) is 11.1 Å². The fourth-order valence-electron chi connectivity index (χ4n) is 4.65. The van der Waals surface area contributed by atoms with E-state index < -0.39 is 5.41 Å². The second-order valence-electron chi connectivity index (χ2n) is 9.11. The van der Waals surface area contributed by atoms with Gasteiger partial charge in [-0.05, 0) is 84.3 Å². The number of hydrogen-bond donors (Lipinski definition) is 1. The third-order valence-electron chi connectivity index (χ3n) is 6.72. The van der Waals surface area contributed by atoms with Crippen LogP contribution in [0.1, 0.15) is 43.4 Å². The predicted octanol–water partition coefficient (Wildman–Crippen LogP) is 5.75. The quantitative estimate of drug-likeness (QED) is 0.527. The molecule has 1 aliphatic heterocycles. The van der Waals surface area contributed by atoms with Crippen molar-refractivity contribution in [2.24, 2.45) is 0 Å². The minimum absolute atomic E-state index is 0. The number of benzene rings is 3. The van der Waals surface area contributed by atoms with E-state index in [1.165, 1.54) is 6.92 Å². The first-order valence-corrected chi connectivity index (χ1v) is 11.3. The SMILES string of the molecule is CC(=O)Nc1ccc(-c2cc(CC(=O)C3(c4ccc5c(c4)OCO5)CC3)ccc2C)cc1C.[HH]. The molecule has 3 aromatic carbocycles. The number of ketones is 1. The van der Waals surface area contributed by atoms with Gasteiger partial charge < -0.3 is 14.8 Å². The van der Waals surface area contributed by atoms with Crippen LogP contribution in [0.2, 0.25) is 0 Å². The van der Waals surface area contributed by atoms with Crippen LogP contribution in [-0.2, 0) is 21.4 Å². The van der Waals surface area contributed by atoms with Gasteiger partial charge in [0, 0.05) is 20.5 Å². The lowest BCUT2D eigenvalue weighted by Gasteiger charge is -2.16. The first kappa shape index (κ1) is 21.3. The lowest BCUT2D eigenvalue weighted by molar-refractivity contribution is -0.120. The maximum atomic E-state index is 13.4. The molecule has 170 valence electrons. The normalized spacial score (nSPS) is 15.2. The third-order valence-corrected chi connectivity index (χ3v) is 6.72. The molecular formula is C28H29NO4. The summed E-state index contributed by atoms with van der Waals surface area (Å²) in [5.41, 5.74) is 6.76. The smallest absolute Gasteiger partial charge is 0.231 e. The number of carbonyl (C=O) groups excluding carboxylic acids is 2. The van der Waals surface area contributed by atoms with E-state index in [0.717, 1.165) is 63.4 Å². The lowest BCUT2D eigenvalue weighted by Crippen LogP contribution is -2.22. The fourth-order valence-corrected chi connectivity index (χ4v) is 4.65. The Balaban J connectivity index is 0.00000274. The Kier molecular flexibility index (Phi) is 5.20. The van der Waals surface area contributed by atoms with Gasteiger partial charge in [-0.15, -0.1) is 0 Å². The molecule has 0 atom stereocenters. The Morgan fingerprint density at radius 2 is 1.73 bits per heavy atom. The van der Waals surface area contributed by atoms with Crippen LogP contribution in [0, 0.1) is 13.8 Å². The van der Waals surface area contributed by atoms with Crippen molar-refractivity contribution in [1.82, 2.24) is 0 Å². The summed E-state index contributed by atoms with van der Waals surface area (Å²) in [6, 6.07) is 18.1. The van der Waals surface area contributed by atoms with E-state index in [1.807, 2.05) is 43.3 Å². The summed E-state index contributed by atoms with van der Waals surface area (Å²) < 4.78 is 10.9. The molecule has 1 fully saturated rings. The number of fused-ring (bicyclic) bond motifs is 1. The van der Waals surface area contributed by atoms with Crippen molar-refractivity contribution < 1.29 is 20.5 Å². The molecule has 2 aliphatic rings. The molecule has 0 radical (unpaired) electrons. The predicted molar refractivity (Wildman–Crippen MR) is 130 cm³/mol. The molecule has 0 aromatic heterocycles. The van der Waals surface area contributed by atoms with E-state index >= 15 is 0 Å². The van der Waals surface area contributed by atoms with Gasteiger partial charge >= 0.3 is 0 Å². The molecule has 0 saturated heterocycles. The third kappa shape index (κ3) is 3.99. The number of hydrogen-bond acceptors (Lipinski definition) is 4. The van der Waals surface area contributed by atoms with Crippen molar-refractivity contribution in [3.8, 4) is 22.6 Å². The maximum absolute atomic E-state index is 13.4. The van der Waals surface area contributed by atoms with Gasteiger partial charge in [0.25, 0.3) is 0 Å². The van der Waals surface area contributed by atoms with Gasteiger partial charge in [0.05, 0.1) is 5.41 Å². The number of aryl methyl sites for hydroxylation is 2. The molecule has 0 bridgehead atoms. The van der Waals surface area contributed by atoms with Crippen molar-refractivity contribution in [3.63, 3.8) is 0 Å². The van der Waals surface area contributed by atoms with E-state index in [2.05, 4.69) is 30.4 Å². The molecule has 0 spiro atoms. The van der Waals surface area contributed by atoms with Crippen molar-refractivity contribution in [3.05, 3.63) is 76.9 Å². The fraction of sp³-hybridized carbons (Fsp3) is 0.286. The Morgan fingerprint density at radius 3 is 2.45 bits per heavy atom. The molecule has 33 heavy (non-hydrogen) atoms. The topological polar surface area (TPSA) is 64.6 Å². The number of Topliss-reactive ketones (excluding diaryl/α,β-unsaturated/α-hetero) is 1. The van der Waals surface area contributed by atoms with Gasteiger partial charge in [0.2, 0.25) is 12.7 Å². The lowest BCUT2D eigenvalue weighted by atomic mass is 9.86. The van der Waals surface area contributed by atoms with Crippen molar-refractivity contribution in [2.45, 2.75) is 45.4 Å². The Morgan fingerprint density at radius 1 is 0.939 bits per heavy atom. The average Bonchev–Trinajstić information content (AvgIpc) is 3.47. The molecule has 5 heteroatoms. The Bertz CT molecular complexity index is 1280. The zero-order valence-corrected chi connectivity index (χ0v) is 19.2. The Hall–Kier alpha value is -3.60. The largest absolute Gasteiger partial charge is 0.454 e. The number of rotatable bonds is 6. The van der Waals surface area contributed by atoms with Crippen LogP contribution in [0.3, 0.4) is 0 Å². The number of carbonyl (C=O) groups is 2. The standard InChI is InChI=1S/C28H27NO4.H2/c1-17-4-5-20(13-23(17)21-6-8-24(18(2)12-21)29-19(3)30)14-27(31)28(10-11-28)22-7-9-25-26(15-22)33-16-32-25;/h4-9,12-13,15H,10-11,14,16H2,1-3H3,(H,29,30);1H. The maximum Gasteiger partial charge on any atom is 0.231 e. The molecule has 1 N–H and O–H groups in total. The summed E-state index contributed by atoms with van der Waals surface area (Å²) in [7, 11) is 0. The van der Waals surface area contributed by atoms with Crippen molar-refractivity contribution in [2.75, 3.05) is 12.1 Å². The number of anilines is 1. The second kappa shape index (κ2) is 8.07. The van der Waals surface area contributed by atoms with Crippen LogP contribution < -0.4 is 14.8 Å². The average molecular weight is 444 g/mol. The molecule has 3 aromatic rings. The second-order valence-corrected chi connectivity index (χ2v) is 9.11. The number of ether oxygens (including phenoxy) is 2. The van der Waals surface area contributed by atoms with Crippen LogP contribution in [0.5, 0.6) is 11.5 Å². The van der Waals surface area contributed by atoms with Gasteiger partial charge in [-0.1, -0.05) is 30.3 Å². The molecule has 1 saturated carbocycles. The van der Waals surface area contributed by atoms with Crippen molar-refractivity contribution >= 4 is 17.4 Å². The highest BCUT2D eigenvalue weighted by atomic mass is 16.7. The summed E-state index contributed by atoms with van der Waals surface area (Å²) in [6.45, 7) is 5.80. The van der Waals surface area contributed by atoms with Crippen LogP contribution in [0.4, 0.5) is 5.69 Å². The summed E-state index contributed by atoms with van der Waals surface area (Å²) in [6.07, 6.45) is 2.13. The van der Waals surface area contributed by atoms with Crippen LogP contribution in [0.15, 0.2) is 54.6 Å². The van der Waals surface area contributed by atoms with Gasteiger partial charge in [-0.25, -0.2) is 0 Å².